The summed E-state index contributed by atoms with van der Waals surface area (Å²) >= 11 is 1.31. The molecule has 0 fully saturated rings. The number of carbonyl (C=O) groups excluding carboxylic acids is 3. The van der Waals surface area contributed by atoms with Crippen molar-refractivity contribution in [2.75, 3.05) is 12.9 Å². The van der Waals surface area contributed by atoms with Gasteiger partial charge < -0.3 is 4.74 Å². The minimum Gasteiger partial charge on any atom is -0.485 e. The Hall–Kier alpha value is -2.81. The molecule has 0 radical (unpaired) electrons. The number of nitrogens with one attached hydrogen (secondary N) is 1. The van der Waals surface area contributed by atoms with Gasteiger partial charge in [-0.1, -0.05) is 24.3 Å². The number of thioether (sulfide) groups is 1. The van der Waals surface area contributed by atoms with Gasteiger partial charge in [0.15, 0.2) is 12.4 Å². The maximum atomic E-state index is 12.6. The van der Waals surface area contributed by atoms with Crippen LogP contribution in [0.1, 0.15) is 21.5 Å². The molecule has 0 aliphatic heterocycles. The van der Waals surface area contributed by atoms with E-state index in [1.54, 1.807) is 30.5 Å². The minimum absolute atomic E-state index is 0.124. The first-order valence-electron chi connectivity index (χ1n) is 8.43. The molecule has 0 aliphatic rings. The molecule has 2 rings (SSSR count). The first-order valence-corrected chi connectivity index (χ1v) is 9.72. The summed E-state index contributed by atoms with van der Waals surface area (Å²) in [7, 11) is 0. The number of carbonyl (C=O) groups is 3. The molecule has 1 unspecified atom stereocenters. The summed E-state index contributed by atoms with van der Waals surface area (Å²) < 4.78 is 43.1. The van der Waals surface area contributed by atoms with Crippen LogP contribution in [0.15, 0.2) is 48.5 Å². The summed E-state index contributed by atoms with van der Waals surface area (Å²) in [6.07, 6.45) is -1.94. The predicted octanol–water partition coefficient (Wildman–Crippen LogP) is 3.51. The van der Waals surface area contributed by atoms with E-state index in [9.17, 15) is 27.6 Å². The lowest BCUT2D eigenvalue weighted by Crippen LogP contribution is -2.32. The van der Waals surface area contributed by atoms with Gasteiger partial charge in [0.2, 0.25) is 12.3 Å². The average molecular weight is 425 g/mol. The largest absolute Gasteiger partial charge is 0.485 e. The Morgan fingerprint density at radius 3 is 2.24 bits per heavy atom. The van der Waals surface area contributed by atoms with Gasteiger partial charge in [0, 0.05) is 5.56 Å². The Bertz CT molecular complexity index is 852. The molecular formula is C20H18F3NO4S. The van der Waals surface area contributed by atoms with Gasteiger partial charge in [-0.3, -0.25) is 19.7 Å². The molecule has 2 aromatic carbocycles. The van der Waals surface area contributed by atoms with Gasteiger partial charge in [-0.15, -0.1) is 0 Å². The second kappa shape index (κ2) is 10.1. The van der Waals surface area contributed by atoms with Crippen molar-refractivity contribution in [1.29, 1.82) is 0 Å². The zero-order chi connectivity index (χ0) is 21.4. The van der Waals surface area contributed by atoms with Crippen LogP contribution in [0.5, 0.6) is 5.75 Å². The van der Waals surface area contributed by atoms with Crippen molar-refractivity contribution in [2.45, 2.75) is 17.8 Å². The first kappa shape index (κ1) is 22.5. The standard InChI is InChI=1S/C20H18F3NO4S/c1-29-18(19(27)24-12-25)10-13-2-8-16(9-3-13)28-11-17(26)14-4-6-15(7-5-14)20(21,22)23/h2-9,12,18H,10-11H2,1H3,(H,24,25,27). The summed E-state index contributed by atoms with van der Waals surface area (Å²) in [4.78, 5) is 34.2. The summed E-state index contributed by atoms with van der Waals surface area (Å²) in [5, 5.41) is 1.70. The van der Waals surface area contributed by atoms with Crippen LogP contribution < -0.4 is 10.1 Å². The van der Waals surface area contributed by atoms with E-state index < -0.39 is 22.8 Å². The van der Waals surface area contributed by atoms with Crippen LogP contribution in [0, 0.1) is 0 Å². The molecule has 0 spiro atoms. The molecule has 2 aromatic rings. The highest BCUT2D eigenvalue weighted by Gasteiger charge is 2.30. The van der Waals surface area contributed by atoms with Crippen molar-refractivity contribution >= 4 is 29.9 Å². The molecule has 0 aliphatic carbocycles. The van der Waals surface area contributed by atoms with E-state index >= 15 is 0 Å². The molecule has 1 atom stereocenters. The predicted molar refractivity (Wildman–Crippen MR) is 103 cm³/mol. The maximum Gasteiger partial charge on any atom is 0.416 e. The lowest BCUT2D eigenvalue weighted by molar-refractivity contribution is -0.137. The average Bonchev–Trinajstić information content (AvgIpc) is 2.70. The zero-order valence-corrected chi connectivity index (χ0v) is 16.2. The third kappa shape index (κ3) is 6.63. The molecule has 29 heavy (non-hydrogen) atoms. The molecule has 9 heteroatoms. The molecule has 0 saturated heterocycles. The number of Topliss-reactive ketones (excluding diaryl/α,β-unsaturated/α-hetero) is 1. The van der Waals surface area contributed by atoms with Crippen molar-refractivity contribution in [3.05, 3.63) is 65.2 Å². The fraction of sp³-hybridized carbons (Fsp3) is 0.250. The van der Waals surface area contributed by atoms with Gasteiger partial charge >= 0.3 is 6.18 Å². The molecule has 0 saturated carbocycles. The Balaban J connectivity index is 1.92. The highest BCUT2D eigenvalue weighted by molar-refractivity contribution is 7.99. The number of imide groups is 1. The topological polar surface area (TPSA) is 72.5 Å². The summed E-state index contributed by atoms with van der Waals surface area (Å²) in [5.74, 6) is -0.419. The summed E-state index contributed by atoms with van der Waals surface area (Å²) in [6, 6.07) is 10.7. The molecule has 0 bridgehead atoms. The van der Waals surface area contributed by atoms with E-state index in [1.165, 1.54) is 11.8 Å². The lowest BCUT2D eigenvalue weighted by atomic mass is 10.1. The smallest absolute Gasteiger partial charge is 0.416 e. The van der Waals surface area contributed by atoms with Gasteiger partial charge in [-0.2, -0.15) is 24.9 Å². The van der Waals surface area contributed by atoms with Crippen LogP contribution in [0.4, 0.5) is 13.2 Å². The van der Waals surface area contributed by atoms with E-state index in [4.69, 9.17) is 4.74 Å². The molecule has 5 nitrogen and oxygen atoms in total. The number of hydrogen-bond acceptors (Lipinski definition) is 5. The van der Waals surface area contributed by atoms with Gasteiger partial charge in [-0.25, -0.2) is 0 Å². The van der Waals surface area contributed by atoms with Gasteiger partial charge in [0.25, 0.3) is 0 Å². The van der Waals surface area contributed by atoms with Crippen LogP contribution in [0.2, 0.25) is 0 Å². The molecule has 154 valence electrons. The Morgan fingerprint density at radius 1 is 1.10 bits per heavy atom. The molecular weight excluding hydrogens is 407 g/mol. The van der Waals surface area contributed by atoms with Crippen molar-refractivity contribution in [3.8, 4) is 5.75 Å². The number of alkyl halides is 3. The fourth-order valence-electron chi connectivity index (χ4n) is 2.45. The monoisotopic (exact) mass is 425 g/mol. The quantitative estimate of drug-likeness (QED) is 0.492. The minimum atomic E-state index is -4.46. The van der Waals surface area contributed by atoms with Crippen molar-refractivity contribution < 1.29 is 32.3 Å². The zero-order valence-electron chi connectivity index (χ0n) is 15.4. The van der Waals surface area contributed by atoms with E-state index in [0.717, 1.165) is 29.8 Å². The maximum absolute atomic E-state index is 12.6. The second-order valence-corrected chi connectivity index (χ2v) is 7.03. The van der Waals surface area contributed by atoms with E-state index in [-0.39, 0.29) is 18.1 Å². The Labute approximate surface area is 169 Å². The highest BCUT2D eigenvalue weighted by atomic mass is 32.2. The fourth-order valence-corrected chi connectivity index (χ4v) is 3.09. The van der Waals surface area contributed by atoms with Crippen LogP contribution in [-0.4, -0.2) is 36.2 Å². The number of hydrogen-bond donors (Lipinski definition) is 1. The van der Waals surface area contributed by atoms with E-state index in [1.807, 2.05) is 0 Å². The van der Waals surface area contributed by atoms with Gasteiger partial charge in [0.1, 0.15) is 5.75 Å². The van der Waals surface area contributed by atoms with Crippen LogP contribution in [-0.2, 0) is 22.2 Å². The first-order chi connectivity index (χ1) is 13.7. The summed E-state index contributed by atoms with van der Waals surface area (Å²) in [6.45, 7) is -0.320. The second-order valence-electron chi connectivity index (χ2n) is 5.99. The molecule has 0 heterocycles. The molecule has 1 N–H and O–H groups in total. The SMILES string of the molecule is CSC(Cc1ccc(OCC(=O)c2ccc(C(F)(F)F)cc2)cc1)C(=O)NC=O. The van der Waals surface area contributed by atoms with Crippen molar-refractivity contribution in [1.82, 2.24) is 5.32 Å². The third-order valence-corrected chi connectivity index (χ3v) is 4.98. The Kier molecular flexibility index (Phi) is 7.83. The normalized spacial score (nSPS) is 12.1. The highest BCUT2D eigenvalue weighted by Crippen LogP contribution is 2.29. The number of amides is 2. The van der Waals surface area contributed by atoms with Gasteiger partial charge in [-0.05, 0) is 42.5 Å². The summed E-state index contributed by atoms with van der Waals surface area (Å²) in [5.41, 5.74) is 0.140. The van der Waals surface area contributed by atoms with Gasteiger partial charge in [0.05, 0.1) is 10.8 Å². The number of halogens is 3. The van der Waals surface area contributed by atoms with Crippen LogP contribution in [0.25, 0.3) is 0 Å². The Morgan fingerprint density at radius 2 is 1.72 bits per heavy atom. The van der Waals surface area contributed by atoms with Crippen LogP contribution >= 0.6 is 11.8 Å². The number of ether oxygens (including phenoxy) is 1. The van der Waals surface area contributed by atoms with E-state index in [2.05, 4.69) is 5.32 Å². The van der Waals surface area contributed by atoms with E-state index in [0.29, 0.717) is 18.6 Å². The van der Waals surface area contributed by atoms with Crippen molar-refractivity contribution in [3.63, 3.8) is 0 Å². The van der Waals surface area contributed by atoms with Crippen molar-refractivity contribution in [2.24, 2.45) is 0 Å². The number of benzene rings is 2. The molecule has 2 amide bonds. The molecule has 0 aromatic heterocycles. The van der Waals surface area contributed by atoms with Crippen LogP contribution in [0.3, 0.4) is 0 Å². The third-order valence-electron chi connectivity index (χ3n) is 4.03. The number of ketones is 1. The lowest BCUT2D eigenvalue weighted by Gasteiger charge is -2.13. The number of rotatable bonds is 9.